The summed E-state index contributed by atoms with van der Waals surface area (Å²) in [5.74, 6) is -0.309. The number of anilines is 2. The first kappa shape index (κ1) is 15.7. The Kier molecular flexibility index (Phi) is 3.97. The Labute approximate surface area is 128 Å². The minimum absolute atomic E-state index is 0.0869. The topological polar surface area (TPSA) is 164 Å². The summed E-state index contributed by atoms with van der Waals surface area (Å²) < 4.78 is 26.3. The van der Waals surface area contributed by atoms with Crippen LogP contribution in [0.5, 0.6) is 0 Å². The summed E-state index contributed by atoms with van der Waals surface area (Å²) in [6.07, 6.45) is 0. The van der Waals surface area contributed by atoms with E-state index in [4.69, 9.17) is 5.73 Å². The van der Waals surface area contributed by atoms with Crippen LogP contribution in [0.2, 0.25) is 0 Å². The van der Waals surface area contributed by atoms with Crippen LogP contribution < -0.4 is 16.0 Å². The molecule has 1 aromatic heterocycles. The molecule has 0 saturated heterocycles. The number of H-pyrrole nitrogens is 2. The zero-order chi connectivity index (χ0) is 16.5. The Morgan fingerprint density at radius 2 is 1.91 bits per heavy atom. The first-order valence-electron chi connectivity index (χ1n) is 5.60. The quantitative estimate of drug-likeness (QED) is 0.361. The molecule has 0 fully saturated rings. The van der Waals surface area contributed by atoms with Crippen LogP contribution >= 0.6 is 12.2 Å². The molecular weight excluding hydrogens is 334 g/mol. The van der Waals surface area contributed by atoms with Gasteiger partial charge >= 0.3 is 0 Å². The van der Waals surface area contributed by atoms with E-state index < -0.39 is 36.8 Å². The fraction of sp³-hybridized carbons (Fsp3) is 0. The monoisotopic (exact) mass is 343 g/mol. The molecule has 1 heterocycles. The van der Waals surface area contributed by atoms with Gasteiger partial charge in [0.25, 0.3) is 21.3 Å². The predicted molar refractivity (Wildman–Crippen MR) is 80.6 cm³/mol. The Bertz CT molecular complexity index is 962. The van der Waals surface area contributed by atoms with Gasteiger partial charge in [-0.05, 0) is 18.3 Å². The minimum atomic E-state index is -4.39. The second-order valence-corrected chi connectivity index (χ2v) is 6.09. The number of nitro benzene ring substituents is 1. The van der Waals surface area contributed by atoms with E-state index in [0.717, 1.165) is 12.1 Å². The first-order valence-corrected chi connectivity index (χ1v) is 7.50. The molecule has 0 aliphatic heterocycles. The van der Waals surface area contributed by atoms with E-state index in [1.54, 1.807) is 0 Å². The molecule has 0 atom stereocenters. The van der Waals surface area contributed by atoms with Crippen molar-refractivity contribution in [3.63, 3.8) is 0 Å². The third-order valence-corrected chi connectivity index (χ3v) is 4.16. The lowest BCUT2D eigenvalue weighted by molar-refractivity contribution is -0.387. The molecule has 116 valence electrons. The SMILES string of the molecule is Nc1[nH]c(=S)[nH]c(=O)c1NS(=O)(=O)c1ccccc1[N+](=O)[O-]. The van der Waals surface area contributed by atoms with E-state index in [-0.39, 0.29) is 10.6 Å². The molecule has 0 saturated carbocycles. The molecule has 10 nitrogen and oxygen atoms in total. The van der Waals surface area contributed by atoms with E-state index in [2.05, 4.69) is 22.2 Å². The van der Waals surface area contributed by atoms with Crippen LogP contribution in [0.25, 0.3) is 0 Å². The molecule has 2 aromatic rings. The summed E-state index contributed by atoms with van der Waals surface area (Å²) in [6, 6.07) is 4.70. The van der Waals surface area contributed by atoms with Crippen molar-refractivity contribution in [1.82, 2.24) is 9.97 Å². The van der Waals surface area contributed by atoms with Crippen LogP contribution in [-0.2, 0) is 10.0 Å². The van der Waals surface area contributed by atoms with Gasteiger partial charge < -0.3 is 10.7 Å². The Balaban J connectivity index is 2.57. The highest BCUT2D eigenvalue weighted by Crippen LogP contribution is 2.25. The number of benzene rings is 1. The van der Waals surface area contributed by atoms with Gasteiger partial charge in [0.05, 0.1) is 4.92 Å². The third-order valence-electron chi connectivity index (χ3n) is 2.56. The summed E-state index contributed by atoms with van der Waals surface area (Å²) >= 11 is 4.68. The summed E-state index contributed by atoms with van der Waals surface area (Å²) in [5, 5.41) is 10.9. The molecule has 2 rings (SSSR count). The molecule has 0 aliphatic rings. The maximum absolute atomic E-state index is 12.3. The van der Waals surface area contributed by atoms with E-state index in [1.807, 2.05) is 4.72 Å². The molecule has 5 N–H and O–H groups in total. The van der Waals surface area contributed by atoms with Gasteiger partial charge in [-0.2, -0.15) is 0 Å². The molecule has 0 spiro atoms. The number of nitrogens with zero attached hydrogens (tertiary/aromatic N) is 1. The van der Waals surface area contributed by atoms with Gasteiger partial charge in [0.2, 0.25) is 0 Å². The molecule has 12 heteroatoms. The molecular formula is C10H9N5O5S2. The van der Waals surface area contributed by atoms with E-state index in [1.165, 1.54) is 12.1 Å². The molecule has 0 radical (unpaired) electrons. The molecule has 22 heavy (non-hydrogen) atoms. The number of hydrogen-bond donors (Lipinski definition) is 4. The zero-order valence-electron chi connectivity index (χ0n) is 10.7. The average molecular weight is 343 g/mol. The Hall–Kier alpha value is -2.73. The zero-order valence-corrected chi connectivity index (χ0v) is 12.3. The Morgan fingerprint density at radius 1 is 1.27 bits per heavy atom. The number of nitrogen functional groups attached to an aromatic ring is 1. The number of rotatable bonds is 4. The highest BCUT2D eigenvalue weighted by atomic mass is 32.2. The minimum Gasteiger partial charge on any atom is -0.383 e. The van der Waals surface area contributed by atoms with Gasteiger partial charge in [0, 0.05) is 6.07 Å². The van der Waals surface area contributed by atoms with Crippen molar-refractivity contribution in [3.8, 4) is 0 Å². The lowest BCUT2D eigenvalue weighted by Gasteiger charge is -2.09. The number of aromatic nitrogens is 2. The third kappa shape index (κ3) is 2.96. The van der Waals surface area contributed by atoms with E-state index in [0.29, 0.717) is 0 Å². The van der Waals surface area contributed by atoms with Crippen molar-refractivity contribution in [1.29, 1.82) is 0 Å². The van der Waals surface area contributed by atoms with Gasteiger partial charge in [-0.25, -0.2) is 8.42 Å². The van der Waals surface area contributed by atoms with Crippen molar-refractivity contribution in [3.05, 3.63) is 49.5 Å². The number of nitrogens with one attached hydrogen (secondary N) is 3. The highest BCUT2D eigenvalue weighted by Gasteiger charge is 2.26. The molecule has 0 amide bonds. The van der Waals surface area contributed by atoms with Crippen molar-refractivity contribution < 1.29 is 13.3 Å². The molecule has 0 bridgehead atoms. The first-order chi connectivity index (χ1) is 10.2. The van der Waals surface area contributed by atoms with Crippen molar-refractivity contribution in [2.45, 2.75) is 4.90 Å². The summed E-state index contributed by atoms with van der Waals surface area (Å²) in [4.78, 5) is 25.7. The highest BCUT2D eigenvalue weighted by molar-refractivity contribution is 7.92. The van der Waals surface area contributed by atoms with Gasteiger partial charge in [-0.15, -0.1) is 0 Å². The van der Waals surface area contributed by atoms with Gasteiger partial charge in [0.15, 0.2) is 15.4 Å². The van der Waals surface area contributed by atoms with Gasteiger partial charge in [-0.3, -0.25) is 24.6 Å². The second kappa shape index (κ2) is 5.57. The van der Waals surface area contributed by atoms with Crippen molar-refractivity contribution in [2.75, 3.05) is 10.5 Å². The van der Waals surface area contributed by atoms with E-state index in [9.17, 15) is 23.3 Å². The normalized spacial score (nSPS) is 11.1. The smallest absolute Gasteiger partial charge is 0.289 e. The van der Waals surface area contributed by atoms with E-state index >= 15 is 0 Å². The van der Waals surface area contributed by atoms with Crippen molar-refractivity contribution in [2.24, 2.45) is 0 Å². The van der Waals surface area contributed by atoms with Gasteiger partial charge in [0.1, 0.15) is 5.82 Å². The summed E-state index contributed by atoms with van der Waals surface area (Å²) in [5.41, 5.74) is 3.49. The predicted octanol–water partition coefficient (Wildman–Crippen LogP) is 0.724. The van der Waals surface area contributed by atoms with Crippen LogP contribution in [0.3, 0.4) is 0 Å². The number of hydrogen-bond acceptors (Lipinski definition) is 7. The van der Waals surface area contributed by atoms with Crippen molar-refractivity contribution >= 4 is 39.4 Å². The maximum atomic E-state index is 12.3. The molecule has 1 aromatic carbocycles. The number of aromatic amines is 2. The lowest BCUT2D eigenvalue weighted by Crippen LogP contribution is -2.23. The summed E-state index contributed by atoms with van der Waals surface area (Å²) in [6.45, 7) is 0. The Morgan fingerprint density at radius 3 is 2.50 bits per heavy atom. The maximum Gasteiger partial charge on any atom is 0.289 e. The average Bonchev–Trinajstić information content (AvgIpc) is 2.43. The molecule has 0 aliphatic carbocycles. The van der Waals surface area contributed by atoms with Crippen LogP contribution in [0, 0.1) is 14.9 Å². The number of para-hydroxylation sites is 1. The number of nitrogens with two attached hydrogens (primary N) is 1. The van der Waals surface area contributed by atoms with Crippen LogP contribution in [0.1, 0.15) is 0 Å². The van der Waals surface area contributed by atoms with Crippen LogP contribution in [0.15, 0.2) is 34.0 Å². The van der Waals surface area contributed by atoms with Crippen LogP contribution in [0.4, 0.5) is 17.2 Å². The second-order valence-electron chi connectivity index (χ2n) is 4.03. The standard InChI is InChI=1S/C10H9N5O5S2/c11-8-7(9(16)13-10(21)12-8)14-22(19,20)6-4-2-1-3-5(6)15(17)18/h1-4,14H,(H4,11,12,13,16,21). The fourth-order valence-corrected chi connectivity index (χ4v) is 3.09. The summed E-state index contributed by atoms with van der Waals surface area (Å²) in [7, 11) is -4.39. The largest absolute Gasteiger partial charge is 0.383 e. The molecule has 0 unspecified atom stereocenters. The lowest BCUT2D eigenvalue weighted by atomic mass is 10.3. The number of nitro groups is 1. The van der Waals surface area contributed by atoms with Gasteiger partial charge in [-0.1, -0.05) is 12.1 Å². The van der Waals surface area contributed by atoms with Crippen LogP contribution in [-0.4, -0.2) is 23.3 Å². The number of sulfonamides is 1. The fourth-order valence-electron chi connectivity index (χ4n) is 1.63.